The second kappa shape index (κ2) is 10.4. The first-order chi connectivity index (χ1) is 18.4. The smallest absolute Gasteiger partial charge is 0.303 e. The van der Waals surface area contributed by atoms with E-state index in [0.29, 0.717) is 22.7 Å². The largest absolute Gasteiger partial charge is 0.481 e. The summed E-state index contributed by atoms with van der Waals surface area (Å²) in [7, 11) is 0. The fraction of sp³-hybridized carbons (Fsp3) is 0.188. The van der Waals surface area contributed by atoms with E-state index in [1.807, 2.05) is 36.0 Å². The summed E-state index contributed by atoms with van der Waals surface area (Å²) in [5.41, 5.74) is 7.42. The number of thioether (sulfide) groups is 1. The zero-order valence-electron chi connectivity index (χ0n) is 20.5. The van der Waals surface area contributed by atoms with Crippen molar-refractivity contribution in [3.8, 4) is 0 Å². The van der Waals surface area contributed by atoms with E-state index in [-0.39, 0.29) is 16.7 Å². The Labute approximate surface area is 230 Å². The van der Waals surface area contributed by atoms with Crippen LogP contribution >= 0.6 is 23.4 Å². The van der Waals surface area contributed by atoms with Crippen LogP contribution in [0.1, 0.15) is 51.6 Å². The van der Waals surface area contributed by atoms with E-state index >= 15 is 0 Å². The van der Waals surface area contributed by atoms with Gasteiger partial charge in [0.2, 0.25) is 0 Å². The number of fused-ring (bicyclic) bond motifs is 3. The summed E-state index contributed by atoms with van der Waals surface area (Å²) in [6.07, 6.45) is 9.64. The van der Waals surface area contributed by atoms with Crippen LogP contribution in [0.15, 0.2) is 66.7 Å². The average molecular weight is 542 g/mol. The molecule has 0 amide bonds. The molecule has 38 heavy (non-hydrogen) atoms. The van der Waals surface area contributed by atoms with Crippen molar-refractivity contribution in [3.63, 3.8) is 0 Å². The van der Waals surface area contributed by atoms with E-state index < -0.39 is 11.8 Å². The van der Waals surface area contributed by atoms with Crippen LogP contribution in [0, 0.1) is 17.7 Å². The fourth-order valence-electron chi connectivity index (χ4n) is 5.12. The molecule has 3 unspecified atom stereocenters. The SMILES string of the molecule is O=C(O)CC1CC1CSC1c2ccccc2C=Cc2ccc(C=Cc3ccc4cc(F)c(Cl)cc4n3)cc21. The number of benzene rings is 3. The molecule has 0 aliphatic heterocycles. The van der Waals surface area contributed by atoms with Crippen LogP contribution < -0.4 is 0 Å². The van der Waals surface area contributed by atoms with Crippen LogP contribution in [0.4, 0.5) is 4.39 Å². The minimum Gasteiger partial charge on any atom is -0.481 e. The minimum atomic E-state index is -0.704. The lowest BCUT2D eigenvalue weighted by Crippen LogP contribution is -2.03. The predicted molar refractivity (Wildman–Crippen MR) is 156 cm³/mol. The molecular weight excluding hydrogens is 517 g/mol. The van der Waals surface area contributed by atoms with Crippen LogP contribution in [-0.2, 0) is 4.79 Å². The molecule has 0 spiro atoms. The number of hydrogen-bond acceptors (Lipinski definition) is 3. The predicted octanol–water partition coefficient (Wildman–Crippen LogP) is 8.61. The number of pyridine rings is 1. The molecule has 3 nitrogen and oxygen atoms in total. The fourth-order valence-corrected chi connectivity index (χ4v) is 6.90. The van der Waals surface area contributed by atoms with Crippen molar-refractivity contribution in [2.24, 2.45) is 11.8 Å². The molecule has 0 bridgehead atoms. The van der Waals surface area contributed by atoms with Gasteiger partial charge in [-0.2, -0.15) is 0 Å². The molecule has 2 aliphatic carbocycles. The Morgan fingerprint density at radius 2 is 1.82 bits per heavy atom. The molecule has 1 aromatic heterocycles. The van der Waals surface area contributed by atoms with E-state index in [9.17, 15) is 9.18 Å². The second-order valence-corrected chi connectivity index (χ2v) is 11.5. The topological polar surface area (TPSA) is 50.2 Å². The van der Waals surface area contributed by atoms with E-state index in [0.717, 1.165) is 23.4 Å². The molecule has 3 atom stereocenters. The highest BCUT2D eigenvalue weighted by Gasteiger charge is 2.39. The van der Waals surface area contributed by atoms with Crippen LogP contribution in [0.3, 0.4) is 0 Å². The Bertz CT molecular complexity index is 1610. The molecule has 1 saturated carbocycles. The van der Waals surface area contributed by atoms with Gasteiger partial charge in [0.15, 0.2) is 0 Å². The van der Waals surface area contributed by atoms with Gasteiger partial charge in [0.05, 0.1) is 21.5 Å². The van der Waals surface area contributed by atoms with Gasteiger partial charge >= 0.3 is 5.97 Å². The number of rotatable bonds is 7. The quantitative estimate of drug-likeness (QED) is 0.254. The highest BCUT2D eigenvalue weighted by molar-refractivity contribution is 7.99. The summed E-state index contributed by atoms with van der Waals surface area (Å²) in [5, 5.41) is 10.1. The molecule has 4 aromatic rings. The van der Waals surface area contributed by atoms with Crippen molar-refractivity contribution in [2.75, 3.05) is 5.75 Å². The third kappa shape index (κ3) is 5.27. The third-order valence-corrected chi connectivity index (χ3v) is 9.05. The van der Waals surface area contributed by atoms with Crippen molar-refractivity contribution in [1.29, 1.82) is 0 Å². The standard InChI is InChI=1S/C32H25ClFNO2S/c33-28-17-30-22(15-29(28)34)10-12-25(35-30)11-6-19-5-7-21-9-8-20-3-1-2-4-26(20)32(27(21)13-19)38-18-24-14-23(24)16-31(36)37/h1-13,15,17,23-24,32H,14,16,18H2,(H,36,37). The lowest BCUT2D eigenvalue weighted by Gasteiger charge is -2.21. The molecule has 1 heterocycles. The molecule has 0 radical (unpaired) electrons. The molecule has 1 N–H and O–H groups in total. The first kappa shape index (κ1) is 24.9. The van der Waals surface area contributed by atoms with Crippen LogP contribution in [0.2, 0.25) is 5.02 Å². The van der Waals surface area contributed by atoms with Gasteiger partial charge in [-0.3, -0.25) is 4.79 Å². The maximum atomic E-state index is 13.8. The maximum Gasteiger partial charge on any atom is 0.303 e. The summed E-state index contributed by atoms with van der Waals surface area (Å²) in [4.78, 5) is 15.7. The molecule has 190 valence electrons. The first-order valence-corrected chi connectivity index (χ1v) is 14.1. The lowest BCUT2D eigenvalue weighted by atomic mass is 9.97. The third-order valence-electron chi connectivity index (χ3n) is 7.30. The monoisotopic (exact) mass is 541 g/mol. The molecular formula is C32H25ClFNO2S. The Balaban J connectivity index is 1.29. The van der Waals surface area contributed by atoms with Crippen molar-refractivity contribution in [2.45, 2.75) is 18.1 Å². The van der Waals surface area contributed by atoms with Gasteiger partial charge in [-0.25, -0.2) is 9.37 Å². The number of nitrogens with zero attached hydrogens (tertiary/aromatic N) is 1. The Kier molecular flexibility index (Phi) is 6.81. The van der Waals surface area contributed by atoms with E-state index in [2.05, 4.69) is 59.6 Å². The number of carboxylic acid groups (broad SMARTS) is 1. The first-order valence-electron chi connectivity index (χ1n) is 12.6. The van der Waals surface area contributed by atoms with Crippen LogP contribution in [-0.4, -0.2) is 21.8 Å². The summed E-state index contributed by atoms with van der Waals surface area (Å²) >= 11 is 7.87. The molecule has 3 aromatic carbocycles. The van der Waals surface area contributed by atoms with Gasteiger partial charge < -0.3 is 5.11 Å². The van der Waals surface area contributed by atoms with Crippen molar-refractivity contribution in [1.82, 2.24) is 4.98 Å². The molecule has 6 rings (SSSR count). The zero-order chi connectivity index (χ0) is 26.2. The second-order valence-electron chi connectivity index (χ2n) is 9.95. The Hall–Kier alpha value is -3.41. The summed E-state index contributed by atoms with van der Waals surface area (Å²) in [6, 6.07) is 21.7. The summed E-state index contributed by atoms with van der Waals surface area (Å²) in [5.74, 6) is 0.558. The molecule has 1 fully saturated rings. The Morgan fingerprint density at radius 3 is 2.66 bits per heavy atom. The highest BCUT2D eigenvalue weighted by atomic mass is 35.5. The van der Waals surface area contributed by atoms with Gasteiger partial charge in [0.1, 0.15) is 5.82 Å². The van der Waals surface area contributed by atoms with Crippen molar-refractivity contribution < 1.29 is 14.3 Å². The summed E-state index contributed by atoms with van der Waals surface area (Å²) < 4.78 is 13.8. The highest BCUT2D eigenvalue weighted by Crippen LogP contribution is 2.49. The van der Waals surface area contributed by atoms with Crippen LogP contribution in [0.5, 0.6) is 0 Å². The summed E-state index contributed by atoms with van der Waals surface area (Å²) in [6.45, 7) is 0. The molecule has 2 aliphatic rings. The molecule has 0 saturated heterocycles. The maximum absolute atomic E-state index is 13.8. The van der Waals surface area contributed by atoms with E-state index in [4.69, 9.17) is 16.7 Å². The van der Waals surface area contributed by atoms with Crippen LogP contribution in [0.25, 0.3) is 35.2 Å². The van der Waals surface area contributed by atoms with Gasteiger partial charge in [-0.05, 0) is 82.2 Å². The number of carbonyl (C=O) groups is 1. The average Bonchev–Trinajstić information content (AvgIpc) is 3.67. The number of hydrogen-bond donors (Lipinski definition) is 1. The number of halogens is 2. The Morgan fingerprint density at radius 1 is 1.00 bits per heavy atom. The van der Waals surface area contributed by atoms with E-state index in [1.165, 1.54) is 28.3 Å². The van der Waals surface area contributed by atoms with Crippen molar-refractivity contribution >= 4 is 64.5 Å². The normalized spacial score (nSPS) is 19.8. The molecule has 6 heteroatoms. The van der Waals surface area contributed by atoms with Gasteiger partial charge in [-0.1, -0.05) is 72.3 Å². The van der Waals surface area contributed by atoms with Gasteiger partial charge in [-0.15, -0.1) is 11.8 Å². The minimum absolute atomic E-state index is 0.0641. The van der Waals surface area contributed by atoms with E-state index in [1.54, 1.807) is 6.07 Å². The number of aliphatic carboxylic acids is 1. The lowest BCUT2D eigenvalue weighted by molar-refractivity contribution is -0.137. The van der Waals surface area contributed by atoms with Crippen molar-refractivity contribution in [3.05, 3.63) is 111 Å². The number of carboxylic acids is 1. The number of aromatic nitrogens is 1. The van der Waals surface area contributed by atoms with Gasteiger partial charge in [0.25, 0.3) is 0 Å². The van der Waals surface area contributed by atoms with Gasteiger partial charge in [0, 0.05) is 11.8 Å². The zero-order valence-corrected chi connectivity index (χ0v) is 22.1.